The summed E-state index contributed by atoms with van der Waals surface area (Å²) >= 11 is 0. The summed E-state index contributed by atoms with van der Waals surface area (Å²) in [6, 6.07) is 9.68. The van der Waals surface area contributed by atoms with Crippen molar-refractivity contribution in [3.05, 3.63) is 65.6 Å². The highest BCUT2D eigenvalue weighted by Crippen LogP contribution is 2.28. The number of rotatable bonds is 4. The van der Waals surface area contributed by atoms with Crippen LogP contribution in [-0.2, 0) is 6.42 Å². The minimum absolute atomic E-state index is 0.144. The van der Waals surface area contributed by atoms with Gasteiger partial charge in [-0.1, -0.05) is 20.8 Å². The number of carbonyl (C=O) groups is 1. The van der Waals surface area contributed by atoms with Crippen molar-refractivity contribution in [1.29, 1.82) is 0 Å². The Kier molecular flexibility index (Phi) is 4.56. The third kappa shape index (κ3) is 3.13. The molecule has 0 atom stereocenters. The Morgan fingerprint density at radius 1 is 1.12 bits per heavy atom. The van der Waals surface area contributed by atoms with E-state index < -0.39 is 0 Å². The molecule has 0 aliphatic carbocycles. The van der Waals surface area contributed by atoms with Gasteiger partial charge in [0, 0.05) is 29.7 Å². The number of aryl methyl sites for hydroxylation is 1. The molecule has 0 unspecified atom stereocenters. The molecule has 24 heavy (non-hydrogen) atoms. The Labute approximate surface area is 142 Å². The van der Waals surface area contributed by atoms with Gasteiger partial charge in [0.05, 0.1) is 11.1 Å². The average Bonchev–Trinajstić information content (AvgIpc) is 2.60. The van der Waals surface area contributed by atoms with Crippen LogP contribution < -0.4 is 5.32 Å². The van der Waals surface area contributed by atoms with Gasteiger partial charge >= 0.3 is 0 Å². The summed E-state index contributed by atoms with van der Waals surface area (Å²) in [6.45, 7) is 6.41. The maximum absolute atomic E-state index is 12.8. The molecule has 1 aromatic carbocycles. The van der Waals surface area contributed by atoms with Gasteiger partial charge < -0.3 is 5.32 Å². The zero-order valence-electron chi connectivity index (χ0n) is 14.2. The molecule has 0 aliphatic heterocycles. The molecule has 0 spiro atoms. The summed E-state index contributed by atoms with van der Waals surface area (Å²) in [6.07, 6.45) is 5.97. The number of carbonyl (C=O) groups excluding carboxylic acids is 1. The molecule has 4 nitrogen and oxygen atoms in total. The van der Waals surface area contributed by atoms with Gasteiger partial charge in [0.2, 0.25) is 0 Å². The molecule has 1 amide bonds. The van der Waals surface area contributed by atoms with Crippen molar-refractivity contribution in [2.75, 3.05) is 5.32 Å². The number of anilines is 1. The lowest BCUT2D eigenvalue weighted by Gasteiger charge is -2.14. The normalized spacial score (nSPS) is 11.0. The van der Waals surface area contributed by atoms with Gasteiger partial charge in [0.25, 0.3) is 5.91 Å². The maximum Gasteiger partial charge on any atom is 0.257 e. The van der Waals surface area contributed by atoms with Crippen molar-refractivity contribution < 1.29 is 4.79 Å². The molecule has 0 saturated heterocycles. The van der Waals surface area contributed by atoms with Crippen LogP contribution in [0.25, 0.3) is 10.9 Å². The van der Waals surface area contributed by atoms with E-state index in [2.05, 4.69) is 42.1 Å². The van der Waals surface area contributed by atoms with Gasteiger partial charge in [0.15, 0.2) is 0 Å². The Bertz CT molecular complexity index is 873. The summed E-state index contributed by atoms with van der Waals surface area (Å²) in [5, 5.41) is 3.99. The number of benzene rings is 1. The predicted molar refractivity (Wildman–Crippen MR) is 97.4 cm³/mol. The lowest BCUT2D eigenvalue weighted by Crippen LogP contribution is -2.13. The first-order chi connectivity index (χ1) is 11.6. The van der Waals surface area contributed by atoms with Crippen LogP contribution in [-0.4, -0.2) is 15.9 Å². The number of nitrogens with zero attached hydrogens (tertiary/aromatic N) is 2. The van der Waals surface area contributed by atoms with Crippen LogP contribution in [0, 0.1) is 0 Å². The van der Waals surface area contributed by atoms with E-state index in [-0.39, 0.29) is 5.91 Å². The number of fused-ring (bicyclic) bond motifs is 1. The second-order valence-corrected chi connectivity index (χ2v) is 6.14. The number of pyridine rings is 2. The zero-order chi connectivity index (χ0) is 17.1. The molecule has 0 radical (unpaired) electrons. The Hall–Kier alpha value is -2.75. The molecular formula is C20H21N3O. The maximum atomic E-state index is 12.8. The molecule has 3 rings (SSSR count). The van der Waals surface area contributed by atoms with Crippen LogP contribution in [0.15, 0.2) is 48.9 Å². The number of amides is 1. The Balaban J connectivity index is 2.12. The summed E-state index contributed by atoms with van der Waals surface area (Å²) < 4.78 is 0. The largest absolute Gasteiger partial charge is 0.322 e. The Morgan fingerprint density at radius 2 is 1.88 bits per heavy atom. The van der Waals surface area contributed by atoms with Crippen molar-refractivity contribution in [2.24, 2.45) is 0 Å². The van der Waals surface area contributed by atoms with Gasteiger partial charge in [0.1, 0.15) is 0 Å². The number of hydrogen-bond donors (Lipinski definition) is 1. The standard InChI is InChI=1S/C20H21N3O/c1-4-14-11-17-16(13(2)3)7-10-22-19(17)18(12-14)20(24)23-15-5-8-21-9-6-15/h5-13H,4H2,1-3H3,(H,21,23,24). The minimum atomic E-state index is -0.144. The molecule has 2 aromatic heterocycles. The van der Waals surface area contributed by atoms with Crippen LogP contribution >= 0.6 is 0 Å². The molecule has 0 bridgehead atoms. The van der Waals surface area contributed by atoms with Crippen molar-refractivity contribution in [1.82, 2.24) is 9.97 Å². The highest BCUT2D eigenvalue weighted by Gasteiger charge is 2.16. The summed E-state index contributed by atoms with van der Waals surface area (Å²) in [4.78, 5) is 21.3. The molecule has 2 heterocycles. The topological polar surface area (TPSA) is 54.9 Å². The second kappa shape index (κ2) is 6.79. The van der Waals surface area contributed by atoms with Crippen LogP contribution in [0.1, 0.15) is 48.2 Å². The number of hydrogen-bond acceptors (Lipinski definition) is 3. The van der Waals surface area contributed by atoms with Gasteiger partial charge in [-0.25, -0.2) is 0 Å². The monoisotopic (exact) mass is 319 g/mol. The van der Waals surface area contributed by atoms with Crippen molar-refractivity contribution >= 4 is 22.5 Å². The van der Waals surface area contributed by atoms with E-state index in [9.17, 15) is 4.79 Å². The minimum Gasteiger partial charge on any atom is -0.322 e. The van der Waals surface area contributed by atoms with Gasteiger partial charge in [-0.2, -0.15) is 0 Å². The molecule has 4 heteroatoms. The van der Waals surface area contributed by atoms with E-state index in [1.165, 1.54) is 5.56 Å². The van der Waals surface area contributed by atoms with E-state index in [1.807, 2.05) is 12.1 Å². The molecular weight excluding hydrogens is 298 g/mol. The van der Waals surface area contributed by atoms with Crippen molar-refractivity contribution in [3.63, 3.8) is 0 Å². The first kappa shape index (κ1) is 16.1. The lowest BCUT2D eigenvalue weighted by atomic mass is 9.94. The predicted octanol–water partition coefficient (Wildman–Crippen LogP) is 4.57. The first-order valence-electron chi connectivity index (χ1n) is 8.23. The quantitative estimate of drug-likeness (QED) is 0.766. The highest BCUT2D eigenvalue weighted by molar-refractivity contribution is 6.12. The SMILES string of the molecule is CCc1cc(C(=O)Nc2ccncc2)c2nccc(C(C)C)c2c1. The third-order valence-corrected chi connectivity index (χ3v) is 4.15. The Morgan fingerprint density at radius 3 is 2.54 bits per heavy atom. The molecule has 3 aromatic rings. The zero-order valence-corrected chi connectivity index (χ0v) is 14.2. The summed E-state index contributed by atoms with van der Waals surface area (Å²) in [5.41, 5.74) is 4.45. The van der Waals surface area contributed by atoms with Crippen LogP contribution in [0.2, 0.25) is 0 Å². The van der Waals surface area contributed by atoms with E-state index in [4.69, 9.17) is 0 Å². The molecule has 0 aliphatic rings. The summed E-state index contributed by atoms with van der Waals surface area (Å²) in [5.74, 6) is 0.230. The van der Waals surface area contributed by atoms with Crippen LogP contribution in [0.5, 0.6) is 0 Å². The smallest absolute Gasteiger partial charge is 0.257 e. The van der Waals surface area contributed by atoms with Crippen molar-refractivity contribution in [2.45, 2.75) is 33.1 Å². The molecule has 0 saturated carbocycles. The van der Waals surface area contributed by atoms with Gasteiger partial charge in [-0.05, 0) is 53.8 Å². The highest BCUT2D eigenvalue weighted by atomic mass is 16.1. The third-order valence-electron chi connectivity index (χ3n) is 4.15. The summed E-state index contributed by atoms with van der Waals surface area (Å²) in [7, 11) is 0. The first-order valence-corrected chi connectivity index (χ1v) is 8.23. The second-order valence-electron chi connectivity index (χ2n) is 6.14. The number of nitrogens with one attached hydrogen (secondary N) is 1. The van der Waals surface area contributed by atoms with E-state index in [0.29, 0.717) is 11.5 Å². The van der Waals surface area contributed by atoms with Crippen LogP contribution in [0.3, 0.4) is 0 Å². The molecule has 1 N–H and O–H groups in total. The fourth-order valence-electron chi connectivity index (χ4n) is 2.85. The van der Waals surface area contributed by atoms with E-state index in [1.54, 1.807) is 30.7 Å². The molecule has 0 fully saturated rings. The lowest BCUT2D eigenvalue weighted by molar-refractivity contribution is 0.102. The fraction of sp³-hybridized carbons (Fsp3) is 0.250. The van der Waals surface area contributed by atoms with Crippen LogP contribution in [0.4, 0.5) is 5.69 Å². The van der Waals surface area contributed by atoms with E-state index >= 15 is 0 Å². The van der Waals surface area contributed by atoms with E-state index in [0.717, 1.165) is 28.6 Å². The van der Waals surface area contributed by atoms with Gasteiger partial charge in [-0.3, -0.25) is 14.8 Å². The number of aromatic nitrogens is 2. The van der Waals surface area contributed by atoms with Crippen molar-refractivity contribution in [3.8, 4) is 0 Å². The molecule has 122 valence electrons. The van der Waals surface area contributed by atoms with Gasteiger partial charge in [-0.15, -0.1) is 0 Å². The fourth-order valence-corrected chi connectivity index (χ4v) is 2.85. The average molecular weight is 319 g/mol.